The molecule has 0 aromatic heterocycles. The van der Waals surface area contributed by atoms with Gasteiger partial charge in [0.05, 0.1) is 0 Å². The van der Waals surface area contributed by atoms with Crippen molar-refractivity contribution in [3.63, 3.8) is 0 Å². The van der Waals surface area contributed by atoms with Gasteiger partial charge in [-0.2, -0.15) is 0 Å². The summed E-state index contributed by atoms with van der Waals surface area (Å²) in [6.45, 7) is 0. The zero-order valence-electron chi connectivity index (χ0n) is 10.3. The van der Waals surface area contributed by atoms with Crippen molar-refractivity contribution < 1.29 is 18.7 Å². The number of hydrogen-bond acceptors (Lipinski definition) is 4. The number of carbonyl (C=O) groups is 2. The molecular formula is C14H11FN2O3. The van der Waals surface area contributed by atoms with Crippen LogP contribution in [0.5, 0.6) is 5.75 Å². The van der Waals surface area contributed by atoms with E-state index in [9.17, 15) is 14.0 Å². The van der Waals surface area contributed by atoms with Gasteiger partial charge >= 0.3 is 6.09 Å². The normalized spacial score (nSPS) is 10.1. The standard InChI is InChI=1S/C14H11FN2O3/c15-11-6-3-9(7-12(11)20-14(17)19)13(18)8-1-4-10(16)5-2-8/h1-7H,16H2,(H2,17,19). The quantitative estimate of drug-likeness (QED) is 0.661. The molecule has 1 amide bonds. The van der Waals surface area contributed by atoms with Gasteiger partial charge in [-0.3, -0.25) is 4.79 Å². The number of hydrogen-bond donors (Lipinski definition) is 2. The number of nitrogens with two attached hydrogens (primary N) is 2. The number of halogens is 1. The van der Waals surface area contributed by atoms with Crippen LogP contribution < -0.4 is 16.2 Å². The van der Waals surface area contributed by atoms with E-state index in [2.05, 4.69) is 4.74 Å². The average Bonchev–Trinajstić information content (AvgIpc) is 2.41. The van der Waals surface area contributed by atoms with Crippen LogP contribution in [0.15, 0.2) is 42.5 Å². The maximum Gasteiger partial charge on any atom is 0.410 e. The van der Waals surface area contributed by atoms with Gasteiger partial charge in [0.15, 0.2) is 17.3 Å². The number of carbonyl (C=O) groups excluding carboxylic acids is 2. The molecule has 0 fully saturated rings. The molecule has 102 valence electrons. The van der Waals surface area contributed by atoms with E-state index in [1.807, 2.05) is 0 Å². The molecule has 0 bridgehead atoms. The molecule has 0 atom stereocenters. The van der Waals surface area contributed by atoms with Crippen molar-refractivity contribution in [2.75, 3.05) is 5.73 Å². The van der Waals surface area contributed by atoms with Gasteiger partial charge in [0.2, 0.25) is 0 Å². The Bertz CT molecular complexity index is 669. The molecule has 0 radical (unpaired) electrons. The van der Waals surface area contributed by atoms with Crippen LogP contribution in [0.2, 0.25) is 0 Å². The van der Waals surface area contributed by atoms with Crippen molar-refractivity contribution in [3.05, 3.63) is 59.4 Å². The van der Waals surface area contributed by atoms with Crippen molar-refractivity contribution in [2.24, 2.45) is 5.73 Å². The molecule has 2 aromatic carbocycles. The monoisotopic (exact) mass is 274 g/mol. The summed E-state index contributed by atoms with van der Waals surface area (Å²) >= 11 is 0. The first-order chi connectivity index (χ1) is 9.47. The van der Waals surface area contributed by atoms with Crippen molar-refractivity contribution in [2.45, 2.75) is 0 Å². The molecule has 0 heterocycles. The van der Waals surface area contributed by atoms with E-state index < -0.39 is 17.7 Å². The number of ether oxygens (including phenoxy) is 1. The Morgan fingerprint density at radius 2 is 1.60 bits per heavy atom. The SMILES string of the molecule is NC(=O)Oc1cc(C(=O)c2ccc(N)cc2)ccc1F. The van der Waals surface area contributed by atoms with Crippen LogP contribution in [0, 0.1) is 5.82 Å². The number of ketones is 1. The maximum atomic E-state index is 13.4. The molecule has 4 N–H and O–H groups in total. The van der Waals surface area contributed by atoms with E-state index in [0.717, 1.165) is 12.1 Å². The summed E-state index contributed by atoms with van der Waals surface area (Å²) in [5.41, 5.74) is 11.4. The molecule has 5 nitrogen and oxygen atoms in total. The minimum absolute atomic E-state index is 0.174. The van der Waals surface area contributed by atoms with E-state index in [-0.39, 0.29) is 11.3 Å². The number of nitrogen functional groups attached to an aromatic ring is 1. The van der Waals surface area contributed by atoms with Crippen LogP contribution in [0.4, 0.5) is 14.9 Å². The van der Waals surface area contributed by atoms with Gasteiger partial charge in [0, 0.05) is 16.8 Å². The highest BCUT2D eigenvalue weighted by atomic mass is 19.1. The van der Waals surface area contributed by atoms with E-state index in [1.54, 1.807) is 24.3 Å². The Labute approximate surface area is 114 Å². The second-order valence-corrected chi connectivity index (χ2v) is 4.02. The van der Waals surface area contributed by atoms with Gasteiger partial charge in [-0.05, 0) is 42.5 Å². The van der Waals surface area contributed by atoms with Crippen LogP contribution in [0.25, 0.3) is 0 Å². The Balaban J connectivity index is 2.35. The molecule has 0 aliphatic carbocycles. The van der Waals surface area contributed by atoms with E-state index in [0.29, 0.717) is 11.3 Å². The Hall–Kier alpha value is -2.89. The summed E-state index contributed by atoms with van der Waals surface area (Å²) < 4.78 is 17.9. The van der Waals surface area contributed by atoms with Crippen molar-refractivity contribution in [1.82, 2.24) is 0 Å². The van der Waals surface area contributed by atoms with Crippen LogP contribution in [0.1, 0.15) is 15.9 Å². The fourth-order valence-corrected chi connectivity index (χ4v) is 1.63. The lowest BCUT2D eigenvalue weighted by atomic mass is 10.0. The molecule has 0 unspecified atom stereocenters. The lowest BCUT2D eigenvalue weighted by molar-refractivity contribution is 0.103. The van der Waals surface area contributed by atoms with E-state index in [1.165, 1.54) is 6.07 Å². The highest BCUT2D eigenvalue weighted by molar-refractivity contribution is 6.09. The molecule has 2 aromatic rings. The number of amides is 1. The van der Waals surface area contributed by atoms with E-state index >= 15 is 0 Å². The zero-order chi connectivity index (χ0) is 14.7. The highest BCUT2D eigenvalue weighted by Crippen LogP contribution is 2.21. The van der Waals surface area contributed by atoms with Gasteiger partial charge < -0.3 is 16.2 Å². The molecule has 0 aliphatic rings. The number of anilines is 1. The van der Waals surface area contributed by atoms with Crippen molar-refractivity contribution in [3.8, 4) is 5.75 Å². The molecule has 20 heavy (non-hydrogen) atoms. The average molecular weight is 274 g/mol. The largest absolute Gasteiger partial charge is 0.410 e. The van der Waals surface area contributed by atoms with Gasteiger partial charge in [0.1, 0.15) is 0 Å². The minimum atomic E-state index is -1.15. The fraction of sp³-hybridized carbons (Fsp3) is 0. The van der Waals surface area contributed by atoms with Crippen molar-refractivity contribution >= 4 is 17.6 Å². The predicted octanol–water partition coefficient (Wildman–Crippen LogP) is 2.10. The lowest BCUT2D eigenvalue weighted by Gasteiger charge is -2.06. The van der Waals surface area contributed by atoms with Crippen molar-refractivity contribution in [1.29, 1.82) is 0 Å². The first-order valence-corrected chi connectivity index (χ1v) is 5.64. The first-order valence-electron chi connectivity index (χ1n) is 5.64. The maximum absolute atomic E-state index is 13.4. The Morgan fingerprint density at radius 1 is 1.00 bits per heavy atom. The molecule has 0 aliphatic heterocycles. The minimum Gasteiger partial charge on any atom is -0.407 e. The second-order valence-electron chi connectivity index (χ2n) is 4.02. The number of benzene rings is 2. The Morgan fingerprint density at radius 3 is 2.20 bits per heavy atom. The molecule has 0 spiro atoms. The summed E-state index contributed by atoms with van der Waals surface area (Å²) in [5, 5.41) is 0. The number of rotatable bonds is 3. The zero-order valence-corrected chi connectivity index (χ0v) is 10.3. The van der Waals surface area contributed by atoms with Crippen LogP contribution in [-0.2, 0) is 0 Å². The summed E-state index contributed by atoms with van der Waals surface area (Å²) in [5.74, 6) is -1.52. The van der Waals surface area contributed by atoms with Gasteiger partial charge in [-0.25, -0.2) is 9.18 Å². The smallest absolute Gasteiger partial charge is 0.407 e. The van der Waals surface area contributed by atoms with Crippen LogP contribution >= 0.6 is 0 Å². The van der Waals surface area contributed by atoms with E-state index in [4.69, 9.17) is 11.5 Å². The molecule has 6 heteroatoms. The van der Waals surface area contributed by atoms with Gasteiger partial charge in [0.25, 0.3) is 0 Å². The summed E-state index contributed by atoms with van der Waals surface area (Å²) in [4.78, 5) is 22.8. The third-order valence-corrected chi connectivity index (χ3v) is 2.58. The molecule has 0 saturated heterocycles. The highest BCUT2D eigenvalue weighted by Gasteiger charge is 2.14. The van der Waals surface area contributed by atoms with Crippen LogP contribution in [0.3, 0.4) is 0 Å². The van der Waals surface area contributed by atoms with Gasteiger partial charge in [-0.1, -0.05) is 0 Å². The summed E-state index contributed by atoms with van der Waals surface area (Å²) in [6.07, 6.45) is -1.15. The third-order valence-electron chi connectivity index (χ3n) is 2.58. The molecular weight excluding hydrogens is 263 g/mol. The molecule has 0 saturated carbocycles. The summed E-state index contributed by atoms with van der Waals surface area (Å²) in [6, 6.07) is 9.71. The fourth-order valence-electron chi connectivity index (χ4n) is 1.63. The second kappa shape index (κ2) is 5.40. The predicted molar refractivity (Wildman–Crippen MR) is 70.9 cm³/mol. The lowest BCUT2D eigenvalue weighted by Crippen LogP contribution is -2.17. The third kappa shape index (κ3) is 2.92. The summed E-state index contributed by atoms with van der Waals surface area (Å²) in [7, 11) is 0. The number of primary amides is 1. The first kappa shape index (κ1) is 13.5. The Kier molecular flexibility index (Phi) is 3.65. The van der Waals surface area contributed by atoms with Gasteiger partial charge in [-0.15, -0.1) is 0 Å². The molecule has 2 rings (SSSR count). The van der Waals surface area contributed by atoms with Crippen LogP contribution in [-0.4, -0.2) is 11.9 Å². The topological polar surface area (TPSA) is 95.4 Å².